The van der Waals surface area contributed by atoms with Gasteiger partial charge in [0.05, 0.1) is 25.1 Å². The van der Waals surface area contributed by atoms with Gasteiger partial charge in [0.25, 0.3) is 0 Å². The number of nitrogens with zero attached hydrogens (tertiary/aromatic N) is 4. The molecule has 7 nitrogen and oxygen atoms in total. The number of rotatable bonds is 7. The molecule has 1 N–H and O–H groups in total. The predicted octanol–water partition coefficient (Wildman–Crippen LogP) is 3.06. The highest BCUT2D eigenvalue weighted by Crippen LogP contribution is 2.18. The first-order valence-electron chi connectivity index (χ1n) is 11.5. The molecule has 2 aliphatic rings. The number of aromatic nitrogens is 2. The maximum absolute atomic E-state index is 6.14. The molecule has 0 aliphatic carbocycles. The Morgan fingerprint density at radius 3 is 2.65 bits per heavy atom. The van der Waals surface area contributed by atoms with Crippen molar-refractivity contribution in [2.24, 2.45) is 4.99 Å². The van der Waals surface area contributed by atoms with Crippen LogP contribution >= 0.6 is 0 Å². The number of imidazole rings is 1. The van der Waals surface area contributed by atoms with Crippen molar-refractivity contribution in [2.45, 2.75) is 57.4 Å². The number of hydrogen-bond acceptors (Lipinski definition) is 4. The van der Waals surface area contributed by atoms with Crippen LogP contribution in [-0.2, 0) is 22.6 Å². The molecule has 7 heteroatoms. The normalized spacial score (nSPS) is 20.7. The van der Waals surface area contributed by atoms with Gasteiger partial charge < -0.3 is 24.3 Å². The second-order valence-electron chi connectivity index (χ2n) is 8.46. The Kier molecular flexibility index (Phi) is 7.96. The fourth-order valence-electron chi connectivity index (χ4n) is 4.28. The van der Waals surface area contributed by atoms with Gasteiger partial charge in [-0.3, -0.25) is 4.99 Å². The maximum atomic E-state index is 6.14. The molecule has 0 bridgehead atoms. The standard InChI is InChI=1S/C24H35N5O2/c1-25-24(27-16-20-5-7-21(8-6-20)17-28-14-11-26-19-28)29-12-9-22(10-13-29)31-18-23-4-2-3-15-30-23/h5-8,11,14,19,22-23H,2-4,9-10,12-13,15-18H2,1H3,(H,25,27). The zero-order chi connectivity index (χ0) is 21.3. The van der Waals surface area contributed by atoms with Crippen LogP contribution in [0, 0.1) is 0 Å². The number of hydrogen-bond donors (Lipinski definition) is 1. The highest BCUT2D eigenvalue weighted by Gasteiger charge is 2.23. The number of likely N-dealkylation sites (tertiary alicyclic amines) is 1. The molecule has 2 aromatic rings. The number of nitrogens with one attached hydrogen (secondary N) is 1. The van der Waals surface area contributed by atoms with Crippen molar-refractivity contribution in [3.8, 4) is 0 Å². The summed E-state index contributed by atoms with van der Waals surface area (Å²) in [4.78, 5) is 10.9. The summed E-state index contributed by atoms with van der Waals surface area (Å²) in [7, 11) is 1.86. The predicted molar refractivity (Wildman–Crippen MR) is 122 cm³/mol. The van der Waals surface area contributed by atoms with Gasteiger partial charge in [0.2, 0.25) is 0 Å². The molecule has 3 heterocycles. The molecular weight excluding hydrogens is 390 g/mol. The van der Waals surface area contributed by atoms with Crippen LogP contribution in [-0.4, -0.2) is 66.0 Å². The number of piperidine rings is 1. The zero-order valence-electron chi connectivity index (χ0n) is 18.6. The number of benzene rings is 1. The summed E-state index contributed by atoms with van der Waals surface area (Å²) >= 11 is 0. The van der Waals surface area contributed by atoms with Gasteiger partial charge in [-0.25, -0.2) is 4.98 Å². The lowest BCUT2D eigenvalue weighted by atomic mass is 10.1. The molecule has 31 heavy (non-hydrogen) atoms. The van der Waals surface area contributed by atoms with E-state index in [1.54, 1.807) is 0 Å². The Morgan fingerprint density at radius 1 is 1.16 bits per heavy atom. The second-order valence-corrected chi connectivity index (χ2v) is 8.46. The number of aliphatic imine (C=N–C) groups is 1. The first kappa shape index (κ1) is 21.8. The number of guanidine groups is 1. The van der Waals surface area contributed by atoms with Crippen LogP contribution in [0.25, 0.3) is 0 Å². The molecule has 1 aromatic heterocycles. The highest BCUT2D eigenvalue weighted by molar-refractivity contribution is 5.79. The van der Waals surface area contributed by atoms with E-state index in [1.807, 2.05) is 25.8 Å². The Morgan fingerprint density at radius 2 is 1.97 bits per heavy atom. The summed E-state index contributed by atoms with van der Waals surface area (Å²) in [6, 6.07) is 8.72. The molecule has 4 rings (SSSR count). The lowest BCUT2D eigenvalue weighted by Crippen LogP contribution is -2.47. The van der Waals surface area contributed by atoms with Crippen LogP contribution in [0.3, 0.4) is 0 Å². The van der Waals surface area contributed by atoms with E-state index in [4.69, 9.17) is 9.47 Å². The van der Waals surface area contributed by atoms with Crippen molar-refractivity contribution < 1.29 is 9.47 Å². The molecule has 168 valence electrons. The Labute approximate surface area is 185 Å². The van der Waals surface area contributed by atoms with Gasteiger partial charge in [0.15, 0.2) is 5.96 Å². The zero-order valence-corrected chi connectivity index (χ0v) is 18.6. The minimum absolute atomic E-state index is 0.299. The Hall–Kier alpha value is -2.38. The second kappa shape index (κ2) is 11.3. The lowest BCUT2D eigenvalue weighted by molar-refractivity contribution is -0.0721. The van der Waals surface area contributed by atoms with Gasteiger partial charge in [0, 0.05) is 52.2 Å². The number of ether oxygens (including phenoxy) is 2. The average molecular weight is 426 g/mol. The Balaban J connectivity index is 1.18. The van der Waals surface area contributed by atoms with E-state index in [9.17, 15) is 0 Å². The minimum atomic E-state index is 0.299. The maximum Gasteiger partial charge on any atom is 0.193 e. The van der Waals surface area contributed by atoms with Crippen LogP contribution in [0.4, 0.5) is 0 Å². The minimum Gasteiger partial charge on any atom is -0.376 e. The lowest BCUT2D eigenvalue weighted by Gasteiger charge is -2.35. The van der Waals surface area contributed by atoms with Crippen molar-refractivity contribution in [2.75, 3.05) is 33.4 Å². The topological polar surface area (TPSA) is 63.9 Å². The van der Waals surface area contributed by atoms with Gasteiger partial charge in [-0.2, -0.15) is 0 Å². The summed E-state index contributed by atoms with van der Waals surface area (Å²) < 4.78 is 14.0. The van der Waals surface area contributed by atoms with Crippen molar-refractivity contribution in [3.63, 3.8) is 0 Å². The van der Waals surface area contributed by atoms with Gasteiger partial charge in [-0.05, 0) is 43.2 Å². The Bertz CT molecular complexity index is 792. The largest absolute Gasteiger partial charge is 0.376 e. The van der Waals surface area contributed by atoms with Crippen LogP contribution in [0.1, 0.15) is 43.2 Å². The van der Waals surface area contributed by atoms with Gasteiger partial charge >= 0.3 is 0 Å². The molecule has 2 saturated heterocycles. The van der Waals surface area contributed by atoms with Crippen molar-refractivity contribution in [1.29, 1.82) is 0 Å². The highest BCUT2D eigenvalue weighted by atomic mass is 16.5. The smallest absolute Gasteiger partial charge is 0.193 e. The van der Waals surface area contributed by atoms with Crippen molar-refractivity contribution in [1.82, 2.24) is 19.8 Å². The summed E-state index contributed by atoms with van der Waals surface area (Å²) in [6.07, 6.45) is 11.9. The van der Waals surface area contributed by atoms with Gasteiger partial charge in [-0.15, -0.1) is 0 Å². The van der Waals surface area contributed by atoms with Gasteiger partial charge in [0.1, 0.15) is 0 Å². The third kappa shape index (κ3) is 6.55. The summed E-state index contributed by atoms with van der Waals surface area (Å²) in [5.74, 6) is 0.969. The quantitative estimate of drug-likeness (QED) is 0.546. The van der Waals surface area contributed by atoms with E-state index in [-0.39, 0.29) is 0 Å². The van der Waals surface area contributed by atoms with Crippen LogP contribution < -0.4 is 5.32 Å². The molecule has 2 fully saturated rings. The fourth-order valence-corrected chi connectivity index (χ4v) is 4.28. The average Bonchev–Trinajstić information content (AvgIpc) is 3.34. The first-order valence-corrected chi connectivity index (χ1v) is 11.5. The molecule has 2 aliphatic heterocycles. The molecule has 0 amide bonds. The summed E-state index contributed by atoms with van der Waals surface area (Å²) in [5, 5.41) is 3.52. The molecule has 0 radical (unpaired) electrons. The molecule has 1 unspecified atom stereocenters. The molecule has 1 aromatic carbocycles. The molecular formula is C24H35N5O2. The van der Waals surface area contributed by atoms with Crippen LogP contribution in [0.2, 0.25) is 0 Å². The van der Waals surface area contributed by atoms with E-state index >= 15 is 0 Å². The SMILES string of the molecule is CN=C(NCc1ccc(Cn2ccnc2)cc1)N1CCC(OCC2CCCCO2)CC1. The van der Waals surface area contributed by atoms with E-state index in [1.165, 1.54) is 24.0 Å². The van der Waals surface area contributed by atoms with Crippen LogP contribution in [0.15, 0.2) is 48.0 Å². The monoisotopic (exact) mass is 425 g/mol. The molecule has 0 saturated carbocycles. The third-order valence-corrected chi connectivity index (χ3v) is 6.14. The summed E-state index contributed by atoms with van der Waals surface area (Å²) in [6.45, 7) is 5.20. The van der Waals surface area contributed by atoms with Gasteiger partial charge in [-0.1, -0.05) is 24.3 Å². The third-order valence-electron chi connectivity index (χ3n) is 6.14. The van der Waals surface area contributed by atoms with Crippen molar-refractivity contribution >= 4 is 5.96 Å². The van der Waals surface area contributed by atoms with E-state index in [0.29, 0.717) is 12.2 Å². The fraction of sp³-hybridized carbons (Fsp3) is 0.583. The van der Waals surface area contributed by atoms with Crippen LogP contribution in [0.5, 0.6) is 0 Å². The van der Waals surface area contributed by atoms with Crippen molar-refractivity contribution in [3.05, 3.63) is 54.1 Å². The van der Waals surface area contributed by atoms with E-state index in [2.05, 4.69) is 49.0 Å². The molecule has 1 atom stereocenters. The summed E-state index contributed by atoms with van der Waals surface area (Å²) in [5.41, 5.74) is 2.52. The van der Waals surface area contributed by atoms with E-state index in [0.717, 1.165) is 64.6 Å². The molecule has 0 spiro atoms. The van der Waals surface area contributed by atoms with E-state index < -0.39 is 0 Å². The first-order chi connectivity index (χ1) is 15.3.